The van der Waals surface area contributed by atoms with Gasteiger partial charge in [0.2, 0.25) is 0 Å². The van der Waals surface area contributed by atoms with Gasteiger partial charge in [-0.25, -0.2) is 9.59 Å². The van der Waals surface area contributed by atoms with Crippen LogP contribution in [0.25, 0.3) is 0 Å². The molecule has 0 radical (unpaired) electrons. The molecule has 0 heterocycles. The second-order valence-corrected chi connectivity index (χ2v) is 5.53. The minimum atomic E-state index is -1.22. The van der Waals surface area contributed by atoms with E-state index >= 15 is 0 Å². The Hall–Kier alpha value is -2.05. The number of ether oxygens (including phenoxy) is 1. The van der Waals surface area contributed by atoms with E-state index in [-0.39, 0.29) is 22.9 Å². The van der Waals surface area contributed by atoms with Crippen LogP contribution in [0.5, 0.6) is 0 Å². The van der Waals surface area contributed by atoms with E-state index < -0.39 is 12.1 Å². The van der Waals surface area contributed by atoms with Gasteiger partial charge in [0.15, 0.2) is 0 Å². The number of carboxylic acids is 1. The molecule has 0 atom stereocenters. The molecule has 0 saturated carbocycles. The third-order valence-corrected chi connectivity index (χ3v) is 3.73. The molecule has 0 unspecified atom stereocenters. The Morgan fingerprint density at radius 2 is 1.86 bits per heavy atom. The summed E-state index contributed by atoms with van der Waals surface area (Å²) < 4.78 is 5.35. The molecule has 114 valence electrons. The highest BCUT2D eigenvalue weighted by Gasteiger charge is 2.19. The quantitative estimate of drug-likeness (QED) is 0.811. The summed E-state index contributed by atoms with van der Waals surface area (Å²) in [4.78, 5) is 23.1. The molecule has 0 aliphatic carbocycles. The fourth-order valence-corrected chi connectivity index (χ4v) is 2.45. The second kappa shape index (κ2) is 7.29. The number of halogens is 2. The highest BCUT2D eigenvalue weighted by Crippen LogP contribution is 2.32. The van der Waals surface area contributed by atoms with Crippen LogP contribution < -0.4 is 5.32 Å². The van der Waals surface area contributed by atoms with Crippen LogP contribution in [0.1, 0.15) is 15.9 Å². The minimum Gasteiger partial charge on any atom is -0.478 e. The lowest BCUT2D eigenvalue weighted by atomic mass is 10.2. The maximum absolute atomic E-state index is 11.8. The lowest BCUT2D eigenvalue weighted by Gasteiger charge is -2.12. The molecule has 0 bridgehead atoms. The van der Waals surface area contributed by atoms with Crippen LogP contribution in [-0.2, 0) is 11.3 Å². The molecule has 2 aromatic carbocycles. The molecule has 1 amide bonds. The SMILES string of the molecule is O=C(Nc1c(Cl)ccc(Br)c1C(=O)O)OCc1ccccc1. The van der Waals surface area contributed by atoms with E-state index in [2.05, 4.69) is 21.2 Å². The van der Waals surface area contributed by atoms with Gasteiger partial charge in [0.1, 0.15) is 6.61 Å². The summed E-state index contributed by atoms with van der Waals surface area (Å²) in [5.74, 6) is -1.22. The number of rotatable bonds is 4. The number of carbonyl (C=O) groups excluding carboxylic acids is 1. The Bertz CT molecular complexity index is 706. The monoisotopic (exact) mass is 383 g/mol. The largest absolute Gasteiger partial charge is 0.478 e. The van der Waals surface area contributed by atoms with E-state index in [9.17, 15) is 14.7 Å². The van der Waals surface area contributed by atoms with Gasteiger partial charge in [-0.15, -0.1) is 0 Å². The van der Waals surface area contributed by atoms with Gasteiger partial charge in [0.05, 0.1) is 16.3 Å². The maximum Gasteiger partial charge on any atom is 0.412 e. The number of benzene rings is 2. The molecule has 2 rings (SSSR count). The summed E-state index contributed by atoms with van der Waals surface area (Å²) >= 11 is 9.07. The molecule has 0 saturated heterocycles. The first-order chi connectivity index (χ1) is 10.5. The van der Waals surface area contributed by atoms with Gasteiger partial charge < -0.3 is 9.84 Å². The van der Waals surface area contributed by atoms with Gasteiger partial charge in [-0.05, 0) is 33.6 Å². The normalized spacial score (nSPS) is 10.1. The molecular weight excluding hydrogens is 374 g/mol. The van der Waals surface area contributed by atoms with Crippen molar-refractivity contribution in [2.75, 3.05) is 5.32 Å². The van der Waals surface area contributed by atoms with Gasteiger partial charge in [-0.2, -0.15) is 0 Å². The lowest BCUT2D eigenvalue weighted by Crippen LogP contribution is -2.16. The van der Waals surface area contributed by atoms with Crippen molar-refractivity contribution in [3.8, 4) is 0 Å². The molecular formula is C15H11BrClNO4. The number of amides is 1. The number of nitrogens with one attached hydrogen (secondary N) is 1. The summed E-state index contributed by atoms with van der Waals surface area (Å²) in [7, 11) is 0. The molecule has 0 fully saturated rings. The van der Waals surface area contributed by atoms with E-state index in [4.69, 9.17) is 16.3 Å². The number of carbonyl (C=O) groups is 2. The predicted molar refractivity (Wildman–Crippen MR) is 86.4 cm³/mol. The van der Waals surface area contributed by atoms with Crippen molar-refractivity contribution in [3.63, 3.8) is 0 Å². The average Bonchev–Trinajstić information content (AvgIpc) is 2.49. The molecule has 0 spiro atoms. The predicted octanol–water partition coefficient (Wildman–Crippen LogP) is 4.55. The van der Waals surface area contributed by atoms with Crippen molar-refractivity contribution >= 4 is 45.3 Å². The average molecular weight is 385 g/mol. The van der Waals surface area contributed by atoms with E-state index in [1.54, 1.807) is 0 Å². The van der Waals surface area contributed by atoms with Crippen LogP contribution in [0.15, 0.2) is 46.9 Å². The fourth-order valence-electron chi connectivity index (χ4n) is 1.74. The van der Waals surface area contributed by atoms with Crippen LogP contribution in [0.4, 0.5) is 10.5 Å². The van der Waals surface area contributed by atoms with Crippen LogP contribution in [0.2, 0.25) is 5.02 Å². The van der Waals surface area contributed by atoms with Crippen molar-refractivity contribution in [2.45, 2.75) is 6.61 Å². The van der Waals surface area contributed by atoms with Crippen molar-refractivity contribution in [1.82, 2.24) is 0 Å². The molecule has 5 nitrogen and oxygen atoms in total. The van der Waals surface area contributed by atoms with Gasteiger partial charge in [0.25, 0.3) is 0 Å². The summed E-state index contributed by atoms with van der Waals surface area (Å²) in [5, 5.41) is 11.7. The van der Waals surface area contributed by atoms with Gasteiger partial charge in [0, 0.05) is 4.47 Å². The summed E-state index contributed by atoms with van der Waals surface area (Å²) in [6.07, 6.45) is -0.786. The van der Waals surface area contributed by atoms with Crippen LogP contribution in [0, 0.1) is 0 Å². The van der Waals surface area contributed by atoms with Crippen molar-refractivity contribution in [1.29, 1.82) is 0 Å². The highest BCUT2D eigenvalue weighted by molar-refractivity contribution is 9.10. The topological polar surface area (TPSA) is 75.6 Å². The molecule has 2 N–H and O–H groups in total. The Morgan fingerprint density at radius 1 is 1.18 bits per heavy atom. The first kappa shape index (κ1) is 16.3. The first-order valence-electron chi connectivity index (χ1n) is 6.18. The molecule has 0 aliphatic heterocycles. The summed E-state index contributed by atoms with van der Waals surface area (Å²) in [6, 6.07) is 12.1. The van der Waals surface area contributed by atoms with E-state index in [0.29, 0.717) is 4.47 Å². The van der Waals surface area contributed by atoms with Gasteiger partial charge >= 0.3 is 12.1 Å². The van der Waals surface area contributed by atoms with Crippen LogP contribution in [-0.4, -0.2) is 17.2 Å². The summed E-state index contributed by atoms with van der Waals surface area (Å²) in [5.41, 5.74) is 0.669. The van der Waals surface area contributed by atoms with E-state index in [1.165, 1.54) is 12.1 Å². The standard InChI is InChI=1S/C15H11BrClNO4/c16-10-6-7-11(17)13(12(10)14(19)20)18-15(21)22-8-9-4-2-1-3-5-9/h1-7H,8H2,(H,18,21)(H,19,20). The smallest absolute Gasteiger partial charge is 0.412 e. The van der Waals surface area contributed by atoms with Crippen LogP contribution in [0.3, 0.4) is 0 Å². The van der Waals surface area contributed by atoms with Crippen LogP contribution >= 0.6 is 27.5 Å². The molecule has 2 aromatic rings. The Balaban J connectivity index is 2.12. The van der Waals surface area contributed by atoms with Gasteiger partial charge in [-0.1, -0.05) is 41.9 Å². The third-order valence-electron chi connectivity index (χ3n) is 2.76. The lowest BCUT2D eigenvalue weighted by molar-refractivity contribution is 0.0697. The zero-order valence-electron chi connectivity index (χ0n) is 11.2. The number of hydrogen-bond donors (Lipinski definition) is 2. The Morgan fingerprint density at radius 3 is 2.50 bits per heavy atom. The summed E-state index contributed by atoms with van der Waals surface area (Å²) in [6.45, 7) is 0.0701. The number of anilines is 1. The zero-order valence-corrected chi connectivity index (χ0v) is 13.5. The van der Waals surface area contributed by atoms with Gasteiger partial charge in [-0.3, -0.25) is 5.32 Å². The van der Waals surface area contributed by atoms with E-state index in [0.717, 1.165) is 5.56 Å². The van der Waals surface area contributed by atoms with Crippen molar-refractivity contribution < 1.29 is 19.4 Å². The van der Waals surface area contributed by atoms with Crippen molar-refractivity contribution in [2.24, 2.45) is 0 Å². The maximum atomic E-state index is 11.8. The molecule has 22 heavy (non-hydrogen) atoms. The van der Waals surface area contributed by atoms with E-state index in [1.807, 2.05) is 30.3 Å². The number of carboxylic acid groups (broad SMARTS) is 1. The Labute approximate surface area is 140 Å². The zero-order chi connectivity index (χ0) is 16.1. The first-order valence-corrected chi connectivity index (χ1v) is 7.35. The second-order valence-electron chi connectivity index (χ2n) is 4.27. The highest BCUT2D eigenvalue weighted by atomic mass is 79.9. The number of aromatic carboxylic acids is 1. The molecule has 7 heteroatoms. The third kappa shape index (κ3) is 3.99. The Kier molecular flexibility index (Phi) is 5.41. The number of hydrogen-bond acceptors (Lipinski definition) is 3. The molecule has 0 aliphatic rings. The fraction of sp³-hybridized carbons (Fsp3) is 0.0667. The molecule has 0 aromatic heterocycles. The minimum absolute atomic E-state index is 0.0124. The van der Waals surface area contributed by atoms with Crippen molar-refractivity contribution in [3.05, 3.63) is 63.1 Å².